The number of nitrogens with one attached hydrogen (secondary N) is 2. The summed E-state index contributed by atoms with van der Waals surface area (Å²) in [5.41, 5.74) is 3.84. The van der Waals surface area contributed by atoms with Gasteiger partial charge in [-0.3, -0.25) is 9.69 Å². The van der Waals surface area contributed by atoms with Gasteiger partial charge in [-0.15, -0.1) is 0 Å². The Bertz CT molecular complexity index is 763. The van der Waals surface area contributed by atoms with Gasteiger partial charge in [0.05, 0.1) is 0 Å². The largest absolute Gasteiger partial charge is 0.351 e. The number of aryl methyl sites for hydroxylation is 2. The van der Waals surface area contributed by atoms with Gasteiger partial charge in [0.25, 0.3) is 5.91 Å². The second kappa shape index (κ2) is 9.01. The number of benzene rings is 1. The number of hydrogen-bond acceptors (Lipinski definition) is 4. The second-order valence-corrected chi connectivity index (χ2v) is 7.68. The zero-order valence-electron chi connectivity index (χ0n) is 15.8. The lowest BCUT2D eigenvalue weighted by atomic mass is 10.1. The molecule has 0 atom stereocenters. The van der Waals surface area contributed by atoms with E-state index in [1.807, 2.05) is 47.7 Å². The number of rotatable bonds is 5. The molecule has 3 rings (SSSR count). The van der Waals surface area contributed by atoms with E-state index in [0.29, 0.717) is 25.2 Å². The summed E-state index contributed by atoms with van der Waals surface area (Å²) in [6, 6.07) is 7.83. The lowest BCUT2D eigenvalue weighted by Gasteiger charge is -2.34. The van der Waals surface area contributed by atoms with Crippen LogP contribution in [0.3, 0.4) is 0 Å². The van der Waals surface area contributed by atoms with Crippen molar-refractivity contribution in [3.63, 3.8) is 0 Å². The van der Waals surface area contributed by atoms with Crippen molar-refractivity contribution in [3.05, 3.63) is 51.7 Å². The van der Waals surface area contributed by atoms with Gasteiger partial charge in [0.1, 0.15) is 0 Å². The number of hydrogen-bond donors (Lipinski definition) is 2. The van der Waals surface area contributed by atoms with E-state index in [-0.39, 0.29) is 11.9 Å². The van der Waals surface area contributed by atoms with Crippen LogP contribution in [0, 0.1) is 13.8 Å². The number of amides is 3. The van der Waals surface area contributed by atoms with Crippen molar-refractivity contribution in [1.82, 2.24) is 15.1 Å². The Kier molecular flexibility index (Phi) is 6.47. The van der Waals surface area contributed by atoms with E-state index in [2.05, 4.69) is 21.6 Å². The molecule has 3 amide bonds. The molecule has 2 N–H and O–H groups in total. The van der Waals surface area contributed by atoms with E-state index in [0.717, 1.165) is 36.4 Å². The SMILES string of the molecule is Cc1cc(C)cc(NC(=O)N2CCN(CCNC(=O)c3ccsc3)CC2)c1. The minimum atomic E-state index is -0.0505. The molecule has 0 bridgehead atoms. The van der Waals surface area contributed by atoms with Crippen LogP contribution in [0.15, 0.2) is 35.0 Å². The van der Waals surface area contributed by atoms with Crippen molar-refractivity contribution < 1.29 is 9.59 Å². The quantitative estimate of drug-likeness (QED) is 0.830. The van der Waals surface area contributed by atoms with Crippen LogP contribution in [0.1, 0.15) is 21.5 Å². The molecule has 27 heavy (non-hydrogen) atoms. The highest BCUT2D eigenvalue weighted by molar-refractivity contribution is 7.08. The Morgan fingerprint density at radius 1 is 1.07 bits per heavy atom. The highest BCUT2D eigenvalue weighted by Gasteiger charge is 2.21. The van der Waals surface area contributed by atoms with Crippen LogP contribution in [-0.4, -0.2) is 61.0 Å². The summed E-state index contributed by atoms with van der Waals surface area (Å²) in [6.07, 6.45) is 0. The van der Waals surface area contributed by atoms with Crippen LogP contribution in [0.2, 0.25) is 0 Å². The number of urea groups is 1. The summed E-state index contributed by atoms with van der Waals surface area (Å²) in [4.78, 5) is 28.5. The first-order valence-electron chi connectivity index (χ1n) is 9.18. The van der Waals surface area contributed by atoms with Crippen molar-refractivity contribution in [2.45, 2.75) is 13.8 Å². The van der Waals surface area contributed by atoms with Crippen LogP contribution >= 0.6 is 11.3 Å². The fourth-order valence-electron chi connectivity index (χ4n) is 3.25. The smallest absolute Gasteiger partial charge is 0.321 e. The zero-order chi connectivity index (χ0) is 19.2. The van der Waals surface area contributed by atoms with Crippen molar-refractivity contribution in [2.24, 2.45) is 0 Å². The normalized spacial score (nSPS) is 14.8. The van der Waals surface area contributed by atoms with Crippen LogP contribution in [0.25, 0.3) is 0 Å². The minimum Gasteiger partial charge on any atom is -0.351 e. The fraction of sp³-hybridized carbons (Fsp3) is 0.400. The van der Waals surface area contributed by atoms with Gasteiger partial charge in [0.15, 0.2) is 0 Å². The summed E-state index contributed by atoms with van der Waals surface area (Å²) in [5.74, 6) is -0.0253. The van der Waals surface area contributed by atoms with Crippen molar-refractivity contribution in [1.29, 1.82) is 0 Å². The molecule has 1 aliphatic heterocycles. The average molecular weight is 387 g/mol. The Balaban J connectivity index is 1.39. The molecule has 1 aromatic carbocycles. The Labute approximate surface area is 164 Å². The number of nitrogens with zero attached hydrogens (tertiary/aromatic N) is 2. The van der Waals surface area contributed by atoms with Gasteiger partial charge in [-0.05, 0) is 48.6 Å². The molecule has 7 heteroatoms. The first-order chi connectivity index (χ1) is 13.0. The van der Waals surface area contributed by atoms with Gasteiger partial charge in [0.2, 0.25) is 0 Å². The van der Waals surface area contributed by atoms with Crippen molar-refractivity contribution >= 4 is 29.0 Å². The molecule has 1 fully saturated rings. The molecule has 144 valence electrons. The molecule has 6 nitrogen and oxygen atoms in total. The molecular formula is C20H26N4O2S. The minimum absolute atomic E-state index is 0.0253. The Hall–Kier alpha value is -2.38. The van der Waals surface area contributed by atoms with Crippen LogP contribution in [0.5, 0.6) is 0 Å². The molecular weight excluding hydrogens is 360 g/mol. The number of thiophene rings is 1. The van der Waals surface area contributed by atoms with Crippen molar-refractivity contribution in [3.8, 4) is 0 Å². The van der Waals surface area contributed by atoms with Crippen LogP contribution < -0.4 is 10.6 Å². The highest BCUT2D eigenvalue weighted by Crippen LogP contribution is 2.15. The molecule has 2 aromatic rings. The predicted octanol–water partition coefficient (Wildman–Crippen LogP) is 2.94. The van der Waals surface area contributed by atoms with E-state index in [4.69, 9.17) is 0 Å². The average Bonchev–Trinajstić information content (AvgIpc) is 3.16. The second-order valence-electron chi connectivity index (χ2n) is 6.90. The Morgan fingerprint density at radius 3 is 2.41 bits per heavy atom. The zero-order valence-corrected chi connectivity index (χ0v) is 16.6. The van der Waals surface area contributed by atoms with Crippen molar-refractivity contribution in [2.75, 3.05) is 44.6 Å². The number of anilines is 1. The molecule has 0 unspecified atom stereocenters. The van der Waals surface area contributed by atoms with Gasteiger partial charge in [-0.1, -0.05) is 6.07 Å². The van der Waals surface area contributed by atoms with Gasteiger partial charge in [-0.25, -0.2) is 4.79 Å². The van der Waals surface area contributed by atoms with Gasteiger partial charge in [-0.2, -0.15) is 11.3 Å². The lowest BCUT2D eigenvalue weighted by molar-refractivity contribution is 0.0943. The summed E-state index contributed by atoms with van der Waals surface area (Å²) in [7, 11) is 0. The van der Waals surface area contributed by atoms with E-state index in [9.17, 15) is 9.59 Å². The number of piperazine rings is 1. The van der Waals surface area contributed by atoms with Gasteiger partial charge < -0.3 is 15.5 Å². The van der Waals surface area contributed by atoms with E-state index >= 15 is 0 Å². The molecule has 0 radical (unpaired) electrons. The van der Waals surface area contributed by atoms with E-state index < -0.39 is 0 Å². The van der Waals surface area contributed by atoms with E-state index in [1.54, 1.807) is 0 Å². The molecule has 2 heterocycles. The first kappa shape index (κ1) is 19.4. The number of carbonyl (C=O) groups excluding carboxylic acids is 2. The molecule has 0 aliphatic carbocycles. The maximum atomic E-state index is 12.5. The summed E-state index contributed by atoms with van der Waals surface area (Å²) in [5, 5.41) is 9.69. The number of carbonyl (C=O) groups is 2. The van der Waals surface area contributed by atoms with Gasteiger partial charge >= 0.3 is 6.03 Å². The topological polar surface area (TPSA) is 64.7 Å². The lowest BCUT2D eigenvalue weighted by Crippen LogP contribution is -2.51. The monoisotopic (exact) mass is 386 g/mol. The van der Waals surface area contributed by atoms with Crippen LogP contribution in [0.4, 0.5) is 10.5 Å². The molecule has 0 saturated carbocycles. The van der Waals surface area contributed by atoms with Crippen LogP contribution in [-0.2, 0) is 0 Å². The Morgan fingerprint density at radius 2 is 1.78 bits per heavy atom. The molecule has 0 spiro atoms. The molecule has 1 aliphatic rings. The first-order valence-corrected chi connectivity index (χ1v) is 10.1. The standard InChI is InChI=1S/C20H26N4O2S/c1-15-11-16(2)13-18(12-15)22-20(26)24-8-6-23(7-9-24)5-4-21-19(25)17-3-10-27-14-17/h3,10-14H,4-9H2,1-2H3,(H,21,25)(H,22,26). The maximum absolute atomic E-state index is 12.5. The highest BCUT2D eigenvalue weighted by atomic mass is 32.1. The maximum Gasteiger partial charge on any atom is 0.321 e. The fourth-order valence-corrected chi connectivity index (χ4v) is 3.88. The van der Waals surface area contributed by atoms with Gasteiger partial charge in [0, 0.05) is 55.9 Å². The summed E-state index contributed by atoms with van der Waals surface area (Å²) < 4.78 is 0. The molecule has 1 saturated heterocycles. The third kappa shape index (κ3) is 5.55. The molecule has 1 aromatic heterocycles. The third-order valence-corrected chi connectivity index (χ3v) is 5.31. The third-order valence-electron chi connectivity index (χ3n) is 4.63. The van der Waals surface area contributed by atoms with E-state index in [1.165, 1.54) is 11.3 Å². The summed E-state index contributed by atoms with van der Waals surface area (Å²) >= 11 is 1.52. The summed E-state index contributed by atoms with van der Waals surface area (Å²) in [6.45, 7) is 8.47. The predicted molar refractivity (Wildman–Crippen MR) is 110 cm³/mol.